The molecule has 1 aromatic heterocycles. The number of carbonyl (C=O) groups excluding carboxylic acids is 1. The molecular formula is C16H26N4O2. The fraction of sp³-hybridized carbons (Fsp3) is 0.688. The number of aryl methyl sites for hydroxylation is 2. The Labute approximate surface area is 132 Å². The van der Waals surface area contributed by atoms with Crippen molar-refractivity contribution in [1.29, 1.82) is 0 Å². The van der Waals surface area contributed by atoms with Gasteiger partial charge in [0.2, 0.25) is 0 Å². The molecule has 1 unspecified atom stereocenters. The van der Waals surface area contributed by atoms with E-state index in [4.69, 9.17) is 4.74 Å². The number of aromatic nitrogens is 2. The van der Waals surface area contributed by atoms with E-state index in [0.717, 1.165) is 30.8 Å². The molecule has 1 atom stereocenters. The predicted molar refractivity (Wildman–Crippen MR) is 85.0 cm³/mol. The van der Waals surface area contributed by atoms with E-state index in [-0.39, 0.29) is 17.7 Å². The first kappa shape index (κ1) is 16.5. The van der Waals surface area contributed by atoms with Gasteiger partial charge in [0, 0.05) is 23.5 Å². The number of ether oxygens (including phenoxy) is 1. The smallest absolute Gasteiger partial charge is 0.317 e. The molecule has 22 heavy (non-hydrogen) atoms. The number of nitrogens with one attached hydrogen (secondary N) is 1. The van der Waals surface area contributed by atoms with Crippen LogP contribution in [0.1, 0.15) is 45.0 Å². The molecule has 2 rings (SSSR count). The lowest BCUT2D eigenvalue weighted by Crippen LogP contribution is -2.53. The minimum atomic E-state index is -0.234. The second-order valence-electron chi connectivity index (χ2n) is 6.94. The highest BCUT2D eigenvalue weighted by Gasteiger charge is 2.27. The number of hydrogen-bond acceptors (Lipinski definition) is 4. The van der Waals surface area contributed by atoms with Gasteiger partial charge in [-0.1, -0.05) is 0 Å². The molecule has 0 aromatic carbocycles. The maximum atomic E-state index is 12.2. The van der Waals surface area contributed by atoms with Crippen molar-refractivity contribution in [1.82, 2.24) is 20.2 Å². The Balaban J connectivity index is 1.97. The number of nitrogens with zero attached hydrogens (tertiary/aromatic N) is 3. The van der Waals surface area contributed by atoms with E-state index in [1.807, 2.05) is 45.6 Å². The van der Waals surface area contributed by atoms with Crippen molar-refractivity contribution in [2.75, 3.05) is 13.1 Å². The van der Waals surface area contributed by atoms with Crippen LogP contribution < -0.4 is 10.1 Å². The molecule has 1 fully saturated rings. The minimum Gasteiger partial charge on any atom is -0.458 e. The van der Waals surface area contributed by atoms with E-state index < -0.39 is 0 Å². The Hall–Kier alpha value is -1.85. The Morgan fingerprint density at radius 1 is 1.32 bits per heavy atom. The molecule has 2 amide bonds. The first-order valence-corrected chi connectivity index (χ1v) is 7.79. The second-order valence-corrected chi connectivity index (χ2v) is 6.94. The number of urea groups is 1. The first-order chi connectivity index (χ1) is 10.2. The van der Waals surface area contributed by atoms with E-state index in [9.17, 15) is 4.79 Å². The molecule has 1 saturated heterocycles. The normalized spacial score (nSPS) is 19.0. The third-order valence-electron chi connectivity index (χ3n) is 3.38. The van der Waals surface area contributed by atoms with Crippen LogP contribution in [0, 0.1) is 13.8 Å². The highest BCUT2D eigenvalue weighted by atomic mass is 16.5. The first-order valence-electron chi connectivity index (χ1n) is 7.79. The molecule has 2 heterocycles. The SMILES string of the molecule is Cc1cc(C)nc(OC2CCCN(C(=O)NC(C)(C)C)C2)n1. The van der Waals surface area contributed by atoms with Crippen LogP contribution in [0.15, 0.2) is 6.07 Å². The number of carbonyl (C=O) groups is 1. The van der Waals surface area contributed by atoms with E-state index in [1.54, 1.807) is 0 Å². The molecule has 1 N–H and O–H groups in total. The summed E-state index contributed by atoms with van der Waals surface area (Å²) in [5.74, 6) is 0. The summed E-state index contributed by atoms with van der Waals surface area (Å²) in [6, 6.07) is 2.28. The molecule has 0 radical (unpaired) electrons. The Morgan fingerprint density at radius 2 is 1.95 bits per heavy atom. The van der Waals surface area contributed by atoms with Gasteiger partial charge in [-0.25, -0.2) is 14.8 Å². The Bertz CT molecular complexity index is 519. The van der Waals surface area contributed by atoms with Crippen LogP contribution in [-0.2, 0) is 0 Å². The van der Waals surface area contributed by atoms with Crippen LogP contribution in [0.5, 0.6) is 6.01 Å². The second kappa shape index (κ2) is 6.50. The highest BCUT2D eigenvalue weighted by Crippen LogP contribution is 2.17. The zero-order valence-corrected chi connectivity index (χ0v) is 14.1. The van der Waals surface area contributed by atoms with E-state index >= 15 is 0 Å². The number of rotatable bonds is 2. The van der Waals surface area contributed by atoms with Crippen LogP contribution in [0.4, 0.5) is 4.79 Å². The zero-order chi connectivity index (χ0) is 16.3. The summed E-state index contributed by atoms with van der Waals surface area (Å²) in [5.41, 5.74) is 1.54. The molecular weight excluding hydrogens is 280 g/mol. The molecule has 1 aliphatic heterocycles. The summed E-state index contributed by atoms with van der Waals surface area (Å²) in [6.45, 7) is 11.1. The van der Waals surface area contributed by atoms with Crippen molar-refractivity contribution in [3.8, 4) is 6.01 Å². The third-order valence-corrected chi connectivity index (χ3v) is 3.38. The van der Waals surface area contributed by atoms with Crippen molar-refractivity contribution >= 4 is 6.03 Å². The molecule has 1 aromatic rings. The van der Waals surface area contributed by atoms with Gasteiger partial charge in [0.1, 0.15) is 6.10 Å². The van der Waals surface area contributed by atoms with Gasteiger partial charge in [0.15, 0.2) is 0 Å². The topological polar surface area (TPSA) is 67.3 Å². The van der Waals surface area contributed by atoms with Crippen molar-refractivity contribution in [2.24, 2.45) is 0 Å². The van der Waals surface area contributed by atoms with Gasteiger partial charge in [-0.15, -0.1) is 0 Å². The van der Waals surface area contributed by atoms with Crippen LogP contribution >= 0.6 is 0 Å². The third kappa shape index (κ3) is 4.86. The maximum absolute atomic E-state index is 12.2. The Kier molecular flexibility index (Phi) is 4.88. The van der Waals surface area contributed by atoms with Crippen molar-refractivity contribution in [3.63, 3.8) is 0 Å². The summed E-state index contributed by atoms with van der Waals surface area (Å²) in [7, 11) is 0. The lowest BCUT2D eigenvalue weighted by Gasteiger charge is -2.34. The van der Waals surface area contributed by atoms with Crippen LogP contribution in [0.3, 0.4) is 0 Å². The number of likely N-dealkylation sites (tertiary alicyclic amines) is 1. The van der Waals surface area contributed by atoms with Crippen LogP contribution in [0.25, 0.3) is 0 Å². The summed E-state index contributed by atoms with van der Waals surface area (Å²) < 4.78 is 5.88. The van der Waals surface area contributed by atoms with Gasteiger partial charge in [-0.2, -0.15) is 0 Å². The lowest BCUT2D eigenvalue weighted by molar-refractivity contribution is 0.0913. The van der Waals surface area contributed by atoms with Crippen LogP contribution in [0.2, 0.25) is 0 Å². The van der Waals surface area contributed by atoms with E-state index in [2.05, 4.69) is 15.3 Å². The minimum absolute atomic E-state index is 0.0397. The maximum Gasteiger partial charge on any atom is 0.317 e. The van der Waals surface area contributed by atoms with E-state index in [0.29, 0.717) is 12.6 Å². The highest BCUT2D eigenvalue weighted by molar-refractivity contribution is 5.75. The number of amides is 2. The van der Waals surface area contributed by atoms with Crippen molar-refractivity contribution in [3.05, 3.63) is 17.5 Å². The van der Waals surface area contributed by atoms with Gasteiger partial charge in [0.05, 0.1) is 6.54 Å². The lowest BCUT2D eigenvalue weighted by atomic mass is 10.1. The monoisotopic (exact) mass is 306 g/mol. The molecule has 0 bridgehead atoms. The van der Waals surface area contributed by atoms with Gasteiger partial charge >= 0.3 is 12.0 Å². The predicted octanol–water partition coefficient (Wildman–Crippen LogP) is 2.44. The summed E-state index contributed by atoms with van der Waals surface area (Å²) >= 11 is 0. The fourth-order valence-corrected chi connectivity index (χ4v) is 2.51. The van der Waals surface area contributed by atoms with Gasteiger partial charge in [-0.05, 0) is 53.5 Å². The Morgan fingerprint density at radius 3 is 2.55 bits per heavy atom. The van der Waals surface area contributed by atoms with Crippen molar-refractivity contribution in [2.45, 2.75) is 59.1 Å². The standard InChI is InChI=1S/C16H26N4O2/c1-11-9-12(2)18-14(17-11)22-13-7-6-8-20(10-13)15(21)19-16(3,4)5/h9,13H,6-8,10H2,1-5H3,(H,19,21). The van der Waals surface area contributed by atoms with Gasteiger partial charge < -0.3 is 15.0 Å². The fourth-order valence-electron chi connectivity index (χ4n) is 2.51. The average Bonchev–Trinajstić information content (AvgIpc) is 2.35. The molecule has 0 spiro atoms. The largest absolute Gasteiger partial charge is 0.458 e. The molecule has 6 nitrogen and oxygen atoms in total. The number of piperidine rings is 1. The van der Waals surface area contributed by atoms with Gasteiger partial charge in [0.25, 0.3) is 0 Å². The molecule has 1 aliphatic rings. The molecule has 6 heteroatoms. The van der Waals surface area contributed by atoms with Gasteiger partial charge in [-0.3, -0.25) is 0 Å². The summed E-state index contributed by atoms with van der Waals surface area (Å²) in [5, 5.41) is 2.99. The summed E-state index contributed by atoms with van der Waals surface area (Å²) in [4.78, 5) is 22.7. The summed E-state index contributed by atoms with van der Waals surface area (Å²) in [6.07, 6.45) is 1.78. The molecule has 122 valence electrons. The molecule has 0 aliphatic carbocycles. The quantitative estimate of drug-likeness (QED) is 0.911. The van der Waals surface area contributed by atoms with Crippen molar-refractivity contribution < 1.29 is 9.53 Å². The molecule has 0 saturated carbocycles. The average molecular weight is 306 g/mol. The number of hydrogen-bond donors (Lipinski definition) is 1. The zero-order valence-electron chi connectivity index (χ0n) is 14.1. The van der Waals surface area contributed by atoms with E-state index in [1.165, 1.54) is 0 Å². The van der Waals surface area contributed by atoms with Crippen LogP contribution in [-0.4, -0.2) is 45.6 Å².